The molecule has 1 aliphatic heterocycles. The van der Waals surface area contributed by atoms with Gasteiger partial charge in [0.15, 0.2) is 0 Å². The molecular weight excluding hydrogens is 206 g/mol. The number of rotatable bonds is 1. The maximum Gasteiger partial charge on any atom is 0.0424 e. The predicted molar refractivity (Wildman–Crippen MR) is 79.1 cm³/mol. The van der Waals surface area contributed by atoms with E-state index in [1.807, 2.05) is 27.7 Å². The number of aryl methyl sites for hydroxylation is 1. The predicted octanol–water partition coefficient (Wildman–Crippen LogP) is 4.88. The van der Waals surface area contributed by atoms with Gasteiger partial charge in [0.2, 0.25) is 0 Å². The van der Waals surface area contributed by atoms with Gasteiger partial charge >= 0.3 is 0 Å². The van der Waals surface area contributed by atoms with Crippen LogP contribution in [0.4, 0.5) is 0 Å². The molecule has 1 heterocycles. The molecule has 0 N–H and O–H groups in total. The molecule has 0 spiro atoms. The van der Waals surface area contributed by atoms with Gasteiger partial charge in [0.05, 0.1) is 0 Å². The number of nitrogens with zero attached hydrogens (tertiary/aromatic N) is 1. The highest BCUT2D eigenvalue weighted by molar-refractivity contribution is 6.01. The summed E-state index contributed by atoms with van der Waals surface area (Å²) in [4.78, 5) is 4.53. The number of hydrogen-bond acceptors (Lipinski definition) is 1. The van der Waals surface area contributed by atoms with Gasteiger partial charge in [0.25, 0.3) is 0 Å². The summed E-state index contributed by atoms with van der Waals surface area (Å²) in [6.07, 6.45) is 1.14. The average Bonchev–Trinajstić information content (AvgIpc) is 2.82. The van der Waals surface area contributed by atoms with Crippen molar-refractivity contribution in [1.29, 1.82) is 0 Å². The molecule has 1 nitrogen and oxygen atoms in total. The van der Waals surface area contributed by atoms with Gasteiger partial charge in [-0.2, -0.15) is 0 Å². The van der Waals surface area contributed by atoms with Gasteiger partial charge < -0.3 is 0 Å². The van der Waals surface area contributed by atoms with Gasteiger partial charge in [-0.15, -0.1) is 0 Å². The largest absolute Gasteiger partial charge is 0.289 e. The van der Waals surface area contributed by atoms with E-state index < -0.39 is 0 Å². The van der Waals surface area contributed by atoms with Crippen LogP contribution in [0.1, 0.15) is 52.2 Å². The highest BCUT2D eigenvalue weighted by Gasteiger charge is 2.14. The molecule has 96 valence electrons. The molecule has 1 aliphatic rings. The van der Waals surface area contributed by atoms with Gasteiger partial charge in [-0.3, -0.25) is 4.99 Å². The summed E-state index contributed by atoms with van der Waals surface area (Å²) < 4.78 is 0. The molecule has 1 aromatic rings. The van der Waals surface area contributed by atoms with Crippen LogP contribution in [0.2, 0.25) is 0 Å². The molecule has 0 amide bonds. The van der Waals surface area contributed by atoms with Gasteiger partial charge in [0.1, 0.15) is 0 Å². The minimum atomic E-state index is 0.733. The second-order valence-electron chi connectivity index (χ2n) is 3.96. The van der Waals surface area contributed by atoms with Gasteiger partial charge in [-0.25, -0.2) is 0 Å². The maximum absolute atomic E-state index is 4.53. The molecule has 0 aromatic heterocycles. The van der Waals surface area contributed by atoms with Crippen LogP contribution in [0.5, 0.6) is 0 Å². The van der Waals surface area contributed by atoms with Crippen LogP contribution < -0.4 is 0 Å². The van der Waals surface area contributed by atoms with Crippen LogP contribution in [0, 0.1) is 12.8 Å². The zero-order valence-electron chi connectivity index (χ0n) is 12.2. The molecular formula is C16H27N. The fraction of sp³-hybridized carbons (Fsp3) is 0.562. The van der Waals surface area contributed by atoms with E-state index in [4.69, 9.17) is 0 Å². The second-order valence-corrected chi connectivity index (χ2v) is 3.96. The lowest BCUT2D eigenvalue weighted by molar-refractivity contribution is 0.664. The fourth-order valence-electron chi connectivity index (χ4n) is 1.68. The molecule has 0 bridgehead atoms. The lowest BCUT2D eigenvalue weighted by Gasteiger charge is -2.01. The Labute approximate surface area is 107 Å². The quantitative estimate of drug-likeness (QED) is 0.656. The maximum atomic E-state index is 4.53. The summed E-state index contributed by atoms with van der Waals surface area (Å²) in [6, 6.07) is 8.65. The zero-order valence-corrected chi connectivity index (χ0v) is 12.2. The molecule has 2 rings (SSSR count). The SMILES string of the molecule is CC.CC.Cc1ccc(C2=NCC(C)C2)cc1. The topological polar surface area (TPSA) is 12.4 Å². The Morgan fingerprint density at radius 2 is 1.53 bits per heavy atom. The van der Waals surface area contributed by atoms with Crippen molar-refractivity contribution in [3.05, 3.63) is 35.4 Å². The van der Waals surface area contributed by atoms with E-state index in [9.17, 15) is 0 Å². The van der Waals surface area contributed by atoms with Gasteiger partial charge in [0, 0.05) is 12.3 Å². The van der Waals surface area contributed by atoms with Crippen LogP contribution in [0.15, 0.2) is 29.3 Å². The molecule has 0 aliphatic carbocycles. The normalized spacial score (nSPS) is 17.3. The average molecular weight is 233 g/mol. The van der Waals surface area contributed by atoms with E-state index in [-0.39, 0.29) is 0 Å². The number of aliphatic imine (C=N–C) groups is 1. The second kappa shape index (κ2) is 8.98. The molecule has 1 unspecified atom stereocenters. The summed E-state index contributed by atoms with van der Waals surface area (Å²) in [5.74, 6) is 0.733. The van der Waals surface area contributed by atoms with Crippen molar-refractivity contribution in [2.75, 3.05) is 6.54 Å². The highest BCUT2D eigenvalue weighted by Crippen LogP contribution is 2.18. The monoisotopic (exact) mass is 233 g/mol. The molecule has 0 radical (unpaired) electrons. The Kier molecular flexibility index (Phi) is 8.39. The molecule has 0 saturated carbocycles. The smallest absolute Gasteiger partial charge is 0.0424 e. The molecule has 17 heavy (non-hydrogen) atoms. The first-order chi connectivity index (χ1) is 8.25. The van der Waals surface area contributed by atoms with Crippen LogP contribution in [0.3, 0.4) is 0 Å². The highest BCUT2D eigenvalue weighted by atomic mass is 14.8. The summed E-state index contributed by atoms with van der Waals surface area (Å²) in [7, 11) is 0. The Balaban J connectivity index is 0.000000581. The third-order valence-electron chi connectivity index (χ3n) is 2.52. The van der Waals surface area contributed by atoms with Crippen molar-refractivity contribution >= 4 is 5.71 Å². The minimum absolute atomic E-state index is 0.733. The Morgan fingerprint density at radius 1 is 1.00 bits per heavy atom. The summed E-state index contributed by atoms with van der Waals surface area (Å²) >= 11 is 0. The summed E-state index contributed by atoms with van der Waals surface area (Å²) in [5.41, 5.74) is 3.90. The van der Waals surface area contributed by atoms with E-state index >= 15 is 0 Å². The Bertz CT molecular complexity index is 322. The molecule has 1 aromatic carbocycles. The van der Waals surface area contributed by atoms with Crippen molar-refractivity contribution in [2.45, 2.75) is 48.0 Å². The van der Waals surface area contributed by atoms with E-state index in [2.05, 4.69) is 43.1 Å². The van der Waals surface area contributed by atoms with Crippen molar-refractivity contribution in [3.8, 4) is 0 Å². The molecule has 1 atom stereocenters. The van der Waals surface area contributed by atoms with Crippen molar-refractivity contribution in [2.24, 2.45) is 10.9 Å². The van der Waals surface area contributed by atoms with E-state index in [1.54, 1.807) is 0 Å². The number of hydrogen-bond donors (Lipinski definition) is 0. The first-order valence-electron chi connectivity index (χ1n) is 6.86. The molecule has 0 saturated heterocycles. The third kappa shape index (κ3) is 5.16. The van der Waals surface area contributed by atoms with E-state index in [1.165, 1.54) is 16.8 Å². The lowest BCUT2D eigenvalue weighted by atomic mass is 10.0. The van der Waals surface area contributed by atoms with Gasteiger partial charge in [-0.1, -0.05) is 64.4 Å². The van der Waals surface area contributed by atoms with E-state index in [0.717, 1.165) is 18.9 Å². The fourth-order valence-corrected chi connectivity index (χ4v) is 1.68. The van der Waals surface area contributed by atoms with Crippen LogP contribution in [-0.4, -0.2) is 12.3 Å². The molecule has 1 heteroatoms. The Hall–Kier alpha value is -1.11. The summed E-state index contributed by atoms with van der Waals surface area (Å²) in [5, 5.41) is 0. The van der Waals surface area contributed by atoms with Gasteiger partial charge in [-0.05, 0) is 24.8 Å². The van der Waals surface area contributed by atoms with Crippen molar-refractivity contribution in [1.82, 2.24) is 0 Å². The van der Waals surface area contributed by atoms with Crippen LogP contribution in [-0.2, 0) is 0 Å². The molecule has 0 fully saturated rings. The standard InChI is InChI=1S/C12H15N.2C2H6/c1-9-3-5-11(6-4-9)12-7-10(2)8-13-12;2*1-2/h3-6,10H,7-8H2,1-2H3;2*1-2H3. The van der Waals surface area contributed by atoms with E-state index in [0.29, 0.717) is 0 Å². The van der Waals surface area contributed by atoms with Crippen molar-refractivity contribution < 1.29 is 0 Å². The number of benzene rings is 1. The van der Waals surface area contributed by atoms with Crippen LogP contribution >= 0.6 is 0 Å². The third-order valence-corrected chi connectivity index (χ3v) is 2.52. The minimum Gasteiger partial charge on any atom is -0.289 e. The first kappa shape index (κ1) is 15.9. The first-order valence-corrected chi connectivity index (χ1v) is 6.86. The summed E-state index contributed by atoms with van der Waals surface area (Å²) in [6.45, 7) is 13.4. The van der Waals surface area contributed by atoms with Crippen molar-refractivity contribution in [3.63, 3.8) is 0 Å². The Morgan fingerprint density at radius 3 is 1.94 bits per heavy atom. The zero-order chi connectivity index (χ0) is 13.3. The lowest BCUT2D eigenvalue weighted by Crippen LogP contribution is -1.99. The van der Waals surface area contributed by atoms with Crippen LogP contribution in [0.25, 0.3) is 0 Å².